The van der Waals surface area contributed by atoms with E-state index in [2.05, 4.69) is 15.5 Å². The highest BCUT2D eigenvalue weighted by Gasteiger charge is 2.12. The smallest absolute Gasteiger partial charge is 0.289 e. The molecule has 1 heterocycles. The van der Waals surface area contributed by atoms with Crippen LogP contribution < -0.4 is 19.6 Å². The maximum atomic E-state index is 11.9. The Morgan fingerprint density at radius 2 is 1.83 bits per heavy atom. The highest BCUT2D eigenvalue weighted by Crippen LogP contribution is 2.32. The maximum Gasteiger partial charge on any atom is 0.289 e. The lowest BCUT2D eigenvalue weighted by Crippen LogP contribution is -2.18. The second-order valence-electron chi connectivity index (χ2n) is 4.36. The molecule has 0 fully saturated rings. The molecule has 0 atom stereocenters. The minimum atomic E-state index is -0.409. The number of carbonyl (C=O) groups excluding carboxylic acids is 1. The van der Waals surface area contributed by atoms with Gasteiger partial charge in [0.05, 0.1) is 33.1 Å². The van der Waals surface area contributed by atoms with Crippen LogP contribution in [0.1, 0.15) is 16.1 Å². The lowest BCUT2D eigenvalue weighted by atomic mass is 10.2. The van der Waals surface area contributed by atoms with Crippen molar-refractivity contribution in [3.05, 3.63) is 47.8 Å². The van der Waals surface area contributed by atoms with Crippen LogP contribution in [0.15, 0.2) is 41.6 Å². The number of carbonyl (C=O) groups is 1. The van der Waals surface area contributed by atoms with Crippen LogP contribution >= 0.6 is 0 Å². The number of nitrogens with one attached hydrogen (secondary N) is 1. The van der Waals surface area contributed by atoms with Gasteiger partial charge >= 0.3 is 0 Å². The summed E-state index contributed by atoms with van der Waals surface area (Å²) in [5.41, 5.74) is 3.26. The van der Waals surface area contributed by atoms with Crippen molar-refractivity contribution in [2.45, 2.75) is 0 Å². The average molecular weight is 315 g/mol. The van der Waals surface area contributed by atoms with Crippen LogP contribution in [0.2, 0.25) is 0 Å². The third-order valence-corrected chi connectivity index (χ3v) is 3.01. The van der Waals surface area contributed by atoms with Crippen molar-refractivity contribution in [3.63, 3.8) is 0 Å². The van der Waals surface area contributed by atoms with E-state index in [1.54, 1.807) is 37.4 Å². The van der Waals surface area contributed by atoms with Crippen molar-refractivity contribution in [1.82, 2.24) is 10.4 Å². The van der Waals surface area contributed by atoms with Crippen molar-refractivity contribution in [2.24, 2.45) is 5.10 Å². The second kappa shape index (κ2) is 7.79. The van der Waals surface area contributed by atoms with Gasteiger partial charge in [-0.05, 0) is 12.1 Å². The molecule has 0 saturated carbocycles. The first-order valence-corrected chi connectivity index (χ1v) is 6.74. The van der Waals surface area contributed by atoms with Gasteiger partial charge in [0.25, 0.3) is 5.91 Å². The van der Waals surface area contributed by atoms with Crippen LogP contribution in [0, 0.1) is 0 Å². The van der Waals surface area contributed by atoms with E-state index in [1.165, 1.54) is 26.6 Å². The summed E-state index contributed by atoms with van der Waals surface area (Å²) < 4.78 is 15.8. The molecular weight excluding hydrogens is 298 g/mol. The van der Waals surface area contributed by atoms with Gasteiger partial charge in [0, 0.05) is 18.3 Å². The predicted octanol–water partition coefficient (Wildman–Crippen LogP) is 1.87. The third kappa shape index (κ3) is 3.97. The molecule has 23 heavy (non-hydrogen) atoms. The van der Waals surface area contributed by atoms with E-state index in [9.17, 15) is 4.79 Å². The largest absolute Gasteiger partial charge is 0.496 e. The van der Waals surface area contributed by atoms with Crippen molar-refractivity contribution in [2.75, 3.05) is 21.3 Å². The van der Waals surface area contributed by atoms with Gasteiger partial charge in [0.2, 0.25) is 0 Å². The number of hydrogen-bond acceptors (Lipinski definition) is 6. The Labute approximate surface area is 133 Å². The molecule has 1 N–H and O–H groups in total. The highest BCUT2D eigenvalue weighted by atomic mass is 16.5. The van der Waals surface area contributed by atoms with E-state index in [0.29, 0.717) is 22.8 Å². The zero-order valence-electron chi connectivity index (χ0n) is 13.1. The minimum absolute atomic E-state index is 0.276. The number of aromatic nitrogens is 1. The number of benzene rings is 1. The van der Waals surface area contributed by atoms with E-state index in [0.717, 1.165) is 0 Å². The van der Waals surface area contributed by atoms with Gasteiger partial charge in [0.1, 0.15) is 22.9 Å². The standard InChI is InChI=1S/C16H17N3O4/c1-21-11-8-14(22-2)12(15(9-11)23-3)10-18-19-16(20)13-6-4-5-7-17-13/h4-10H,1-3H3,(H,19,20)/b18-10+. The molecule has 2 rings (SSSR count). The monoisotopic (exact) mass is 315 g/mol. The fourth-order valence-corrected chi connectivity index (χ4v) is 1.87. The van der Waals surface area contributed by atoms with Gasteiger partial charge in [0.15, 0.2) is 0 Å². The molecule has 0 unspecified atom stereocenters. The van der Waals surface area contributed by atoms with E-state index in [4.69, 9.17) is 14.2 Å². The molecule has 1 aromatic heterocycles. The summed E-state index contributed by atoms with van der Waals surface area (Å²) in [5, 5.41) is 3.93. The molecule has 0 bridgehead atoms. The first-order valence-electron chi connectivity index (χ1n) is 6.74. The molecule has 0 saturated heterocycles. The highest BCUT2D eigenvalue weighted by molar-refractivity contribution is 5.94. The first-order chi connectivity index (χ1) is 11.2. The predicted molar refractivity (Wildman–Crippen MR) is 85.4 cm³/mol. The topological polar surface area (TPSA) is 82.0 Å². The number of amides is 1. The normalized spacial score (nSPS) is 10.4. The summed E-state index contributed by atoms with van der Waals surface area (Å²) in [6.07, 6.45) is 2.98. The number of rotatable bonds is 6. The number of nitrogens with zero attached hydrogens (tertiary/aromatic N) is 2. The maximum absolute atomic E-state index is 11.9. The quantitative estimate of drug-likeness (QED) is 0.650. The lowest BCUT2D eigenvalue weighted by Gasteiger charge is -2.12. The number of hydrogen-bond donors (Lipinski definition) is 1. The molecule has 0 aliphatic heterocycles. The minimum Gasteiger partial charge on any atom is -0.496 e. The van der Waals surface area contributed by atoms with Crippen LogP contribution in [-0.4, -0.2) is 38.4 Å². The molecular formula is C16H17N3O4. The van der Waals surface area contributed by atoms with Gasteiger partial charge in [-0.3, -0.25) is 9.78 Å². The van der Waals surface area contributed by atoms with Gasteiger partial charge in [-0.2, -0.15) is 5.10 Å². The van der Waals surface area contributed by atoms with E-state index < -0.39 is 5.91 Å². The molecule has 0 aliphatic carbocycles. The molecule has 0 spiro atoms. The van der Waals surface area contributed by atoms with Gasteiger partial charge in [-0.1, -0.05) is 6.07 Å². The number of pyridine rings is 1. The van der Waals surface area contributed by atoms with Crippen LogP contribution in [0.4, 0.5) is 0 Å². The van der Waals surface area contributed by atoms with E-state index >= 15 is 0 Å². The Balaban J connectivity index is 2.20. The van der Waals surface area contributed by atoms with E-state index in [1.807, 2.05) is 0 Å². The lowest BCUT2D eigenvalue weighted by molar-refractivity contribution is 0.0950. The fourth-order valence-electron chi connectivity index (χ4n) is 1.87. The Morgan fingerprint density at radius 3 is 2.35 bits per heavy atom. The van der Waals surface area contributed by atoms with Crippen molar-refractivity contribution in [3.8, 4) is 17.2 Å². The SMILES string of the molecule is COc1cc(OC)c(/C=N/NC(=O)c2ccccn2)c(OC)c1. The number of hydrazone groups is 1. The summed E-state index contributed by atoms with van der Waals surface area (Å²) in [7, 11) is 4.60. The van der Waals surface area contributed by atoms with E-state index in [-0.39, 0.29) is 5.69 Å². The molecule has 120 valence electrons. The molecule has 2 aromatic rings. The zero-order valence-corrected chi connectivity index (χ0v) is 13.1. The molecule has 7 heteroatoms. The van der Waals surface area contributed by atoms with Crippen molar-refractivity contribution < 1.29 is 19.0 Å². The van der Waals surface area contributed by atoms with Crippen LogP contribution in [-0.2, 0) is 0 Å². The van der Waals surface area contributed by atoms with Crippen LogP contribution in [0.5, 0.6) is 17.2 Å². The number of ether oxygens (including phenoxy) is 3. The molecule has 0 radical (unpaired) electrons. The Hall–Kier alpha value is -3.09. The summed E-state index contributed by atoms with van der Waals surface area (Å²) in [5.74, 6) is 1.20. The Kier molecular flexibility index (Phi) is 5.51. The summed E-state index contributed by atoms with van der Waals surface area (Å²) >= 11 is 0. The molecule has 1 amide bonds. The number of methoxy groups -OCH3 is 3. The second-order valence-corrected chi connectivity index (χ2v) is 4.36. The molecule has 0 aliphatic rings. The van der Waals surface area contributed by atoms with Crippen LogP contribution in [0.3, 0.4) is 0 Å². The Bertz CT molecular complexity index is 677. The van der Waals surface area contributed by atoms with Gasteiger partial charge in [-0.25, -0.2) is 5.43 Å². The van der Waals surface area contributed by atoms with Gasteiger partial charge in [-0.15, -0.1) is 0 Å². The molecule has 1 aromatic carbocycles. The molecule has 7 nitrogen and oxygen atoms in total. The fraction of sp³-hybridized carbons (Fsp3) is 0.188. The summed E-state index contributed by atoms with van der Waals surface area (Å²) in [6.45, 7) is 0. The third-order valence-electron chi connectivity index (χ3n) is 3.01. The first kappa shape index (κ1) is 16.3. The average Bonchev–Trinajstić information content (AvgIpc) is 2.62. The summed E-state index contributed by atoms with van der Waals surface area (Å²) in [4.78, 5) is 15.8. The van der Waals surface area contributed by atoms with Crippen LogP contribution in [0.25, 0.3) is 0 Å². The Morgan fingerprint density at radius 1 is 1.13 bits per heavy atom. The van der Waals surface area contributed by atoms with Gasteiger partial charge < -0.3 is 14.2 Å². The zero-order chi connectivity index (χ0) is 16.7. The van der Waals surface area contributed by atoms with Crippen molar-refractivity contribution in [1.29, 1.82) is 0 Å². The summed E-state index contributed by atoms with van der Waals surface area (Å²) in [6, 6.07) is 8.45. The van der Waals surface area contributed by atoms with Crippen molar-refractivity contribution >= 4 is 12.1 Å².